The lowest BCUT2D eigenvalue weighted by molar-refractivity contribution is 0.0952. The molecule has 1 heterocycles. The summed E-state index contributed by atoms with van der Waals surface area (Å²) >= 11 is 3.48. The molecule has 5 heteroatoms. The van der Waals surface area contributed by atoms with Crippen LogP contribution in [0.2, 0.25) is 0 Å². The van der Waals surface area contributed by atoms with Crippen LogP contribution >= 0.6 is 15.9 Å². The monoisotopic (exact) mass is 287 g/mol. The number of amides is 1. The number of hydrogen-bond donors (Lipinski definition) is 1. The van der Waals surface area contributed by atoms with Gasteiger partial charge in [-0.05, 0) is 20.3 Å². The maximum absolute atomic E-state index is 11.9. The smallest absolute Gasteiger partial charge is 0.255 e. The van der Waals surface area contributed by atoms with Crippen molar-refractivity contribution in [1.82, 2.24) is 15.1 Å². The van der Waals surface area contributed by atoms with Gasteiger partial charge in [0.15, 0.2) is 0 Å². The minimum atomic E-state index is -0.0407. The topological polar surface area (TPSA) is 46.9 Å². The highest BCUT2D eigenvalue weighted by molar-refractivity contribution is 9.09. The van der Waals surface area contributed by atoms with Gasteiger partial charge >= 0.3 is 0 Å². The van der Waals surface area contributed by atoms with Crippen LogP contribution < -0.4 is 5.32 Å². The fourth-order valence-corrected chi connectivity index (χ4v) is 1.70. The molecule has 0 saturated carbocycles. The lowest BCUT2D eigenvalue weighted by Gasteiger charge is -2.08. The van der Waals surface area contributed by atoms with E-state index in [1.807, 2.05) is 20.9 Å². The molecule has 0 aromatic carbocycles. The predicted octanol–water partition coefficient (Wildman–Crippen LogP) is 1.94. The van der Waals surface area contributed by atoms with E-state index in [1.54, 1.807) is 4.68 Å². The standard InChI is InChI=1S/C11H18BrN3O/c1-5-9(12)6-13-11(16)10-7(2)14-15(4)8(10)3/h9H,5-6H2,1-4H3,(H,13,16). The number of hydrogen-bond acceptors (Lipinski definition) is 2. The molecule has 0 aliphatic heterocycles. The molecule has 1 rings (SSSR count). The van der Waals surface area contributed by atoms with Gasteiger partial charge in [0.2, 0.25) is 0 Å². The third-order valence-corrected chi connectivity index (χ3v) is 3.63. The van der Waals surface area contributed by atoms with Crippen LogP contribution in [0.4, 0.5) is 0 Å². The molecule has 0 saturated heterocycles. The third kappa shape index (κ3) is 2.84. The van der Waals surface area contributed by atoms with Crippen molar-refractivity contribution >= 4 is 21.8 Å². The Bertz CT molecular complexity index is 387. The van der Waals surface area contributed by atoms with Crippen molar-refractivity contribution in [2.24, 2.45) is 7.05 Å². The Labute approximate surface area is 105 Å². The second kappa shape index (κ2) is 5.48. The van der Waals surface area contributed by atoms with E-state index in [4.69, 9.17) is 0 Å². The molecule has 90 valence electrons. The van der Waals surface area contributed by atoms with Gasteiger partial charge in [0.05, 0.1) is 11.3 Å². The Morgan fingerprint density at radius 2 is 2.19 bits per heavy atom. The Kier molecular flexibility index (Phi) is 4.53. The van der Waals surface area contributed by atoms with Crippen molar-refractivity contribution in [1.29, 1.82) is 0 Å². The van der Waals surface area contributed by atoms with Crippen LogP contribution in [-0.2, 0) is 7.05 Å². The molecule has 1 amide bonds. The molecule has 16 heavy (non-hydrogen) atoms. The van der Waals surface area contributed by atoms with Crippen LogP contribution in [0.1, 0.15) is 35.1 Å². The molecule has 1 aromatic heterocycles. The van der Waals surface area contributed by atoms with Crippen molar-refractivity contribution in [3.05, 3.63) is 17.0 Å². The van der Waals surface area contributed by atoms with E-state index < -0.39 is 0 Å². The molecule has 0 aliphatic carbocycles. The summed E-state index contributed by atoms with van der Waals surface area (Å²) < 4.78 is 1.73. The SMILES string of the molecule is CCC(Br)CNC(=O)c1c(C)nn(C)c1C. The number of carbonyl (C=O) groups excluding carboxylic acids is 1. The molecule has 4 nitrogen and oxygen atoms in total. The van der Waals surface area contributed by atoms with Crippen LogP contribution in [0.5, 0.6) is 0 Å². The molecule has 1 aromatic rings. The Balaban J connectivity index is 2.73. The number of halogens is 1. The molecule has 0 radical (unpaired) electrons. The van der Waals surface area contributed by atoms with Gasteiger partial charge in [0.25, 0.3) is 5.91 Å². The zero-order valence-electron chi connectivity index (χ0n) is 10.2. The zero-order valence-corrected chi connectivity index (χ0v) is 11.8. The number of nitrogens with one attached hydrogen (secondary N) is 1. The number of rotatable bonds is 4. The molecule has 1 unspecified atom stereocenters. The number of aromatic nitrogens is 2. The second-order valence-corrected chi connectivity index (χ2v) is 5.18. The summed E-state index contributed by atoms with van der Waals surface area (Å²) in [7, 11) is 1.85. The van der Waals surface area contributed by atoms with Crippen LogP contribution in [0.25, 0.3) is 0 Å². The van der Waals surface area contributed by atoms with Gasteiger partial charge in [-0.3, -0.25) is 9.48 Å². The Morgan fingerprint density at radius 1 is 1.56 bits per heavy atom. The Morgan fingerprint density at radius 3 is 2.62 bits per heavy atom. The van der Waals surface area contributed by atoms with Gasteiger partial charge in [-0.15, -0.1) is 0 Å². The fraction of sp³-hybridized carbons (Fsp3) is 0.636. The van der Waals surface area contributed by atoms with E-state index in [2.05, 4.69) is 33.3 Å². The number of carbonyl (C=O) groups is 1. The maximum atomic E-state index is 11.9. The van der Waals surface area contributed by atoms with Gasteiger partial charge in [-0.2, -0.15) is 5.10 Å². The first-order valence-electron chi connectivity index (χ1n) is 5.39. The summed E-state index contributed by atoms with van der Waals surface area (Å²) in [6, 6.07) is 0. The predicted molar refractivity (Wildman–Crippen MR) is 68.0 cm³/mol. The van der Waals surface area contributed by atoms with Crippen LogP contribution in [0.15, 0.2) is 0 Å². The highest BCUT2D eigenvalue weighted by Crippen LogP contribution is 2.11. The number of alkyl halides is 1. The molecule has 0 aliphatic rings. The van der Waals surface area contributed by atoms with E-state index >= 15 is 0 Å². The van der Waals surface area contributed by atoms with Gasteiger partial charge < -0.3 is 5.32 Å². The molecule has 1 N–H and O–H groups in total. The van der Waals surface area contributed by atoms with Crippen LogP contribution in [0.3, 0.4) is 0 Å². The molecule has 0 spiro atoms. The summed E-state index contributed by atoms with van der Waals surface area (Å²) in [4.78, 5) is 12.3. The average molecular weight is 288 g/mol. The largest absolute Gasteiger partial charge is 0.351 e. The third-order valence-electron chi connectivity index (χ3n) is 2.66. The van der Waals surface area contributed by atoms with Gasteiger partial charge in [0, 0.05) is 24.1 Å². The van der Waals surface area contributed by atoms with E-state index in [0.29, 0.717) is 16.9 Å². The van der Waals surface area contributed by atoms with Crippen LogP contribution in [-0.4, -0.2) is 27.1 Å². The first-order valence-corrected chi connectivity index (χ1v) is 6.31. The quantitative estimate of drug-likeness (QED) is 0.861. The first-order chi connectivity index (χ1) is 7.47. The summed E-state index contributed by atoms with van der Waals surface area (Å²) in [5.74, 6) is -0.0407. The van der Waals surface area contributed by atoms with Crippen molar-refractivity contribution < 1.29 is 4.79 Å². The van der Waals surface area contributed by atoms with E-state index in [-0.39, 0.29) is 5.91 Å². The minimum absolute atomic E-state index is 0.0407. The number of aryl methyl sites for hydroxylation is 2. The number of nitrogens with zero attached hydrogens (tertiary/aromatic N) is 2. The molecule has 1 atom stereocenters. The summed E-state index contributed by atoms with van der Waals surface area (Å²) in [6.07, 6.45) is 0.991. The maximum Gasteiger partial charge on any atom is 0.255 e. The Hall–Kier alpha value is -0.840. The van der Waals surface area contributed by atoms with E-state index in [1.165, 1.54) is 0 Å². The molecular weight excluding hydrogens is 270 g/mol. The molecule has 0 fully saturated rings. The fourth-order valence-electron chi connectivity index (χ4n) is 1.54. The van der Waals surface area contributed by atoms with Gasteiger partial charge in [-0.25, -0.2) is 0 Å². The van der Waals surface area contributed by atoms with Crippen molar-refractivity contribution in [3.8, 4) is 0 Å². The van der Waals surface area contributed by atoms with Gasteiger partial charge in [0.1, 0.15) is 0 Å². The molecule has 0 bridgehead atoms. The highest BCUT2D eigenvalue weighted by atomic mass is 79.9. The minimum Gasteiger partial charge on any atom is -0.351 e. The van der Waals surface area contributed by atoms with Gasteiger partial charge in [-0.1, -0.05) is 22.9 Å². The highest BCUT2D eigenvalue weighted by Gasteiger charge is 2.17. The van der Waals surface area contributed by atoms with Crippen molar-refractivity contribution in [2.75, 3.05) is 6.54 Å². The first kappa shape index (κ1) is 13.2. The average Bonchev–Trinajstić information content (AvgIpc) is 2.49. The summed E-state index contributed by atoms with van der Waals surface area (Å²) in [5.41, 5.74) is 2.37. The van der Waals surface area contributed by atoms with E-state index in [9.17, 15) is 4.79 Å². The summed E-state index contributed by atoms with van der Waals surface area (Å²) in [5, 5.41) is 7.13. The van der Waals surface area contributed by atoms with Crippen molar-refractivity contribution in [3.63, 3.8) is 0 Å². The lowest BCUT2D eigenvalue weighted by Crippen LogP contribution is -2.30. The van der Waals surface area contributed by atoms with Crippen LogP contribution in [0, 0.1) is 13.8 Å². The van der Waals surface area contributed by atoms with Crippen molar-refractivity contribution in [2.45, 2.75) is 32.0 Å². The van der Waals surface area contributed by atoms with E-state index in [0.717, 1.165) is 17.8 Å². The molecular formula is C11H18BrN3O. The normalized spacial score (nSPS) is 12.6. The zero-order chi connectivity index (χ0) is 12.3. The lowest BCUT2D eigenvalue weighted by atomic mass is 10.2. The summed E-state index contributed by atoms with van der Waals surface area (Å²) in [6.45, 7) is 6.48. The second-order valence-electron chi connectivity index (χ2n) is 3.88.